The van der Waals surface area contributed by atoms with Crippen LogP contribution in [0.2, 0.25) is 0 Å². The fraction of sp³-hybridized carbons (Fsp3) is 1.00. The van der Waals surface area contributed by atoms with E-state index in [1.54, 1.807) is 0 Å². The maximum absolute atomic E-state index is 3.64. The smallest absolute Gasteiger partial charge is 0.0252 e. The molecule has 3 unspecified atom stereocenters. The molecular formula is C17H32N2. The van der Waals surface area contributed by atoms with Crippen molar-refractivity contribution in [2.75, 3.05) is 13.6 Å². The molecule has 0 spiro atoms. The third-order valence-corrected chi connectivity index (χ3v) is 6.06. The average molecular weight is 264 g/mol. The lowest BCUT2D eigenvalue weighted by atomic mass is 9.93. The van der Waals surface area contributed by atoms with Gasteiger partial charge < -0.3 is 5.32 Å². The molecule has 0 aromatic carbocycles. The molecule has 110 valence electrons. The molecule has 3 aliphatic rings. The Hall–Kier alpha value is -0.0800. The summed E-state index contributed by atoms with van der Waals surface area (Å²) in [7, 11) is 2.18. The largest absolute Gasteiger partial charge is 0.315 e. The molecule has 2 aliphatic carbocycles. The Morgan fingerprint density at radius 3 is 2.21 bits per heavy atom. The van der Waals surface area contributed by atoms with E-state index in [9.17, 15) is 0 Å². The van der Waals surface area contributed by atoms with E-state index in [1.807, 2.05) is 0 Å². The van der Waals surface area contributed by atoms with Gasteiger partial charge in [-0.1, -0.05) is 32.1 Å². The van der Waals surface area contributed by atoms with Crippen LogP contribution in [0.5, 0.6) is 0 Å². The second-order valence-corrected chi connectivity index (χ2v) is 7.09. The van der Waals surface area contributed by atoms with Gasteiger partial charge in [0.05, 0.1) is 0 Å². The molecule has 0 radical (unpaired) electrons. The first-order valence-electron chi connectivity index (χ1n) is 8.83. The maximum Gasteiger partial charge on any atom is 0.0252 e. The minimum absolute atomic E-state index is 0.754. The van der Waals surface area contributed by atoms with Gasteiger partial charge in [-0.3, -0.25) is 4.90 Å². The molecule has 1 heterocycles. The van der Waals surface area contributed by atoms with E-state index >= 15 is 0 Å². The quantitative estimate of drug-likeness (QED) is 0.784. The fourth-order valence-corrected chi connectivity index (χ4v) is 5.10. The minimum Gasteiger partial charge on any atom is -0.315 e. The van der Waals surface area contributed by atoms with Gasteiger partial charge in [-0.25, -0.2) is 0 Å². The monoisotopic (exact) mass is 264 g/mol. The van der Waals surface area contributed by atoms with Crippen molar-refractivity contribution in [1.29, 1.82) is 0 Å². The number of hydrogen-bond acceptors (Lipinski definition) is 2. The van der Waals surface area contributed by atoms with Crippen LogP contribution >= 0.6 is 0 Å². The SMILES string of the molecule is CNC1CCCCCC1N1CCCC1C1CCCC1. The first-order valence-corrected chi connectivity index (χ1v) is 8.83. The number of likely N-dealkylation sites (N-methyl/N-ethyl adjacent to an activating group) is 1. The molecule has 3 rings (SSSR count). The Morgan fingerprint density at radius 2 is 1.42 bits per heavy atom. The van der Waals surface area contributed by atoms with Crippen LogP contribution in [0.4, 0.5) is 0 Å². The highest BCUT2D eigenvalue weighted by Crippen LogP contribution is 2.38. The van der Waals surface area contributed by atoms with Crippen molar-refractivity contribution in [3.05, 3.63) is 0 Å². The van der Waals surface area contributed by atoms with Crippen LogP contribution in [-0.4, -0.2) is 36.6 Å². The number of hydrogen-bond donors (Lipinski definition) is 1. The number of rotatable bonds is 3. The molecule has 2 nitrogen and oxygen atoms in total. The molecular weight excluding hydrogens is 232 g/mol. The van der Waals surface area contributed by atoms with Crippen molar-refractivity contribution >= 4 is 0 Å². The lowest BCUT2D eigenvalue weighted by Gasteiger charge is -2.39. The lowest BCUT2D eigenvalue weighted by Crippen LogP contribution is -2.51. The summed E-state index contributed by atoms with van der Waals surface area (Å²) in [6.07, 6.45) is 16.1. The molecule has 19 heavy (non-hydrogen) atoms. The summed E-state index contributed by atoms with van der Waals surface area (Å²) in [5.74, 6) is 1.03. The van der Waals surface area contributed by atoms with E-state index in [4.69, 9.17) is 0 Å². The molecule has 3 atom stereocenters. The molecule has 0 aromatic heterocycles. The van der Waals surface area contributed by atoms with Crippen molar-refractivity contribution in [2.45, 2.75) is 88.8 Å². The molecule has 0 aromatic rings. The van der Waals surface area contributed by atoms with Gasteiger partial charge in [0, 0.05) is 18.1 Å². The van der Waals surface area contributed by atoms with Crippen molar-refractivity contribution < 1.29 is 0 Å². The van der Waals surface area contributed by atoms with Crippen LogP contribution in [0.3, 0.4) is 0 Å². The highest BCUT2D eigenvalue weighted by molar-refractivity contribution is 4.95. The summed E-state index contributed by atoms with van der Waals surface area (Å²) in [5, 5.41) is 3.64. The van der Waals surface area contributed by atoms with Crippen LogP contribution in [0, 0.1) is 5.92 Å². The molecule has 3 fully saturated rings. The van der Waals surface area contributed by atoms with Gasteiger partial charge in [0.25, 0.3) is 0 Å². The van der Waals surface area contributed by atoms with Crippen molar-refractivity contribution in [3.63, 3.8) is 0 Å². The Kier molecular flexibility index (Phi) is 4.81. The lowest BCUT2D eigenvalue weighted by molar-refractivity contribution is 0.104. The minimum atomic E-state index is 0.754. The fourth-order valence-electron chi connectivity index (χ4n) is 5.10. The summed E-state index contributed by atoms with van der Waals surface area (Å²) >= 11 is 0. The Labute approximate surface area is 119 Å². The summed E-state index contributed by atoms with van der Waals surface area (Å²) in [4.78, 5) is 2.95. The predicted molar refractivity (Wildman–Crippen MR) is 81.4 cm³/mol. The van der Waals surface area contributed by atoms with E-state index in [2.05, 4.69) is 17.3 Å². The van der Waals surface area contributed by atoms with Crippen LogP contribution in [0.15, 0.2) is 0 Å². The van der Waals surface area contributed by atoms with E-state index in [0.717, 1.165) is 24.0 Å². The highest BCUT2D eigenvalue weighted by atomic mass is 15.2. The number of nitrogens with zero attached hydrogens (tertiary/aromatic N) is 1. The third-order valence-electron chi connectivity index (χ3n) is 6.06. The van der Waals surface area contributed by atoms with Gasteiger partial charge in [0.15, 0.2) is 0 Å². The summed E-state index contributed by atoms with van der Waals surface area (Å²) in [5.41, 5.74) is 0. The van der Waals surface area contributed by atoms with Crippen molar-refractivity contribution in [2.24, 2.45) is 5.92 Å². The van der Waals surface area contributed by atoms with Gasteiger partial charge in [-0.05, 0) is 58.0 Å². The predicted octanol–water partition coefficient (Wildman–Crippen LogP) is 3.56. The average Bonchev–Trinajstić information content (AvgIpc) is 3.05. The van der Waals surface area contributed by atoms with Crippen LogP contribution < -0.4 is 5.32 Å². The highest BCUT2D eigenvalue weighted by Gasteiger charge is 2.39. The molecule has 0 amide bonds. The van der Waals surface area contributed by atoms with Gasteiger partial charge in [0.2, 0.25) is 0 Å². The van der Waals surface area contributed by atoms with Gasteiger partial charge in [-0.2, -0.15) is 0 Å². The third kappa shape index (κ3) is 3.00. The molecule has 2 saturated carbocycles. The molecule has 2 heteroatoms. The standard InChI is InChI=1S/C17H32N2/c1-18-15-10-3-2-4-11-17(15)19-13-7-12-16(19)14-8-5-6-9-14/h14-18H,2-13H2,1H3. The Bertz CT molecular complexity index is 272. The Morgan fingerprint density at radius 1 is 0.737 bits per heavy atom. The van der Waals surface area contributed by atoms with E-state index < -0.39 is 0 Å². The second kappa shape index (κ2) is 6.58. The topological polar surface area (TPSA) is 15.3 Å². The number of likely N-dealkylation sites (tertiary alicyclic amines) is 1. The zero-order chi connectivity index (χ0) is 13.1. The van der Waals surface area contributed by atoms with Crippen molar-refractivity contribution in [1.82, 2.24) is 10.2 Å². The first-order chi connectivity index (χ1) is 9.40. The second-order valence-electron chi connectivity index (χ2n) is 7.09. The molecule has 1 aliphatic heterocycles. The van der Waals surface area contributed by atoms with Crippen molar-refractivity contribution in [3.8, 4) is 0 Å². The van der Waals surface area contributed by atoms with Crippen LogP contribution in [-0.2, 0) is 0 Å². The normalized spacial score (nSPS) is 38.7. The zero-order valence-corrected chi connectivity index (χ0v) is 12.7. The summed E-state index contributed by atoms with van der Waals surface area (Å²) in [6, 6.07) is 2.52. The Balaban J connectivity index is 1.70. The van der Waals surface area contributed by atoms with Gasteiger partial charge >= 0.3 is 0 Å². The van der Waals surface area contributed by atoms with E-state index in [-0.39, 0.29) is 0 Å². The first kappa shape index (κ1) is 13.9. The van der Waals surface area contributed by atoms with Gasteiger partial charge in [0.1, 0.15) is 0 Å². The molecule has 0 bridgehead atoms. The molecule has 1 saturated heterocycles. The van der Waals surface area contributed by atoms with Crippen LogP contribution in [0.25, 0.3) is 0 Å². The zero-order valence-electron chi connectivity index (χ0n) is 12.7. The van der Waals surface area contributed by atoms with E-state index in [1.165, 1.54) is 77.2 Å². The summed E-state index contributed by atoms with van der Waals surface area (Å²) in [6.45, 7) is 1.38. The number of nitrogens with one attached hydrogen (secondary N) is 1. The van der Waals surface area contributed by atoms with E-state index in [0.29, 0.717) is 0 Å². The van der Waals surface area contributed by atoms with Gasteiger partial charge in [-0.15, -0.1) is 0 Å². The molecule has 1 N–H and O–H groups in total. The summed E-state index contributed by atoms with van der Waals surface area (Å²) < 4.78 is 0. The maximum atomic E-state index is 3.64. The van der Waals surface area contributed by atoms with Crippen LogP contribution in [0.1, 0.15) is 70.6 Å².